The van der Waals surface area contributed by atoms with E-state index in [9.17, 15) is 4.79 Å². The summed E-state index contributed by atoms with van der Waals surface area (Å²) in [6.45, 7) is 5.28. The fourth-order valence-electron chi connectivity index (χ4n) is 4.48. The van der Waals surface area contributed by atoms with E-state index in [1.165, 1.54) is 31.2 Å². The van der Waals surface area contributed by atoms with Gasteiger partial charge >= 0.3 is 0 Å². The van der Waals surface area contributed by atoms with Gasteiger partial charge in [-0.2, -0.15) is 5.26 Å². The summed E-state index contributed by atoms with van der Waals surface area (Å²) in [6.07, 6.45) is 6.90. The molecule has 1 N–H and O–H groups in total. The summed E-state index contributed by atoms with van der Waals surface area (Å²) < 4.78 is 0. The minimum atomic E-state index is 0.191. The largest absolute Gasteiger partial charge is 0.353 e. The molecule has 1 atom stereocenters. The molecule has 27 heavy (non-hydrogen) atoms. The molecular weight excluding hydrogens is 336 g/mol. The predicted molar refractivity (Wildman–Crippen MR) is 105 cm³/mol. The Morgan fingerprint density at radius 3 is 2.48 bits per heavy atom. The van der Waals surface area contributed by atoms with Crippen LogP contribution in [0.15, 0.2) is 24.3 Å². The lowest BCUT2D eigenvalue weighted by Gasteiger charge is -2.42. The molecule has 0 aromatic heterocycles. The molecule has 2 aliphatic heterocycles. The average molecular weight is 367 g/mol. The van der Waals surface area contributed by atoms with Crippen molar-refractivity contribution in [1.82, 2.24) is 15.1 Å². The SMILES string of the molecule is N#Cc1ccc(CN2CCC(N3CCC[C@H](C(=O)NC4CC4)C3)CC2)cc1. The van der Waals surface area contributed by atoms with Crippen LogP contribution in [0.1, 0.15) is 49.7 Å². The standard InChI is InChI=1S/C22H30N4O/c23-14-17-3-5-18(6-4-17)15-25-12-9-21(10-13-25)26-11-1-2-19(16-26)22(27)24-20-7-8-20/h3-6,19-21H,1-2,7-13,15-16H2,(H,24,27)/t19-/m0/s1. The zero-order valence-electron chi connectivity index (χ0n) is 16.1. The number of nitrogens with zero attached hydrogens (tertiary/aromatic N) is 3. The summed E-state index contributed by atoms with van der Waals surface area (Å²) in [6, 6.07) is 11.2. The number of hydrogen-bond acceptors (Lipinski definition) is 4. The Bertz CT molecular complexity index is 683. The quantitative estimate of drug-likeness (QED) is 0.870. The molecule has 3 aliphatic rings. The van der Waals surface area contributed by atoms with E-state index in [0.717, 1.165) is 51.1 Å². The highest BCUT2D eigenvalue weighted by Crippen LogP contribution is 2.26. The zero-order chi connectivity index (χ0) is 18.6. The molecule has 2 heterocycles. The Kier molecular flexibility index (Phi) is 5.75. The highest BCUT2D eigenvalue weighted by atomic mass is 16.2. The van der Waals surface area contributed by atoms with Crippen molar-refractivity contribution < 1.29 is 4.79 Å². The van der Waals surface area contributed by atoms with Crippen molar-refractivity contribution in [2.24, 2.45) is 5.92 Å². The predicted octanol–water partition coefficient (Wildman–Crippen LogP) is 2.51. The van der Waals surface area contributed by atoms with E-state index < -0.39 is 0 Å². The molecule has 1 aromatic carbocycles. The monoisotopic (exact) mass is 366 g/mol. The molecule has 0 bridgehead atoms. The molecular formula is C22H30N4O. The lowest BCUT2D eigenvalue weighted by molar-refractivity contribution is -0.127. The Morgan fingerprint density at radius 1 is 1.07 bits per heavy atom. The number of amides is 1. The molecule has 1 aromatic rings. The molecule has 1 saturated carbocycles. The average Bonchev–Trinajstić information content (AvgIpc) is 3.53. The maximum Gasteiger partial charge on any atom is 0.224 e. The van der Waals surface area contributed by atoms with Crippen LogP contribution in [0, 0.1) is 17.2 Å². The molecule has 4 rings (SSSR count). The number of carbonyl (C=O) groups excluding carboxylic acids is 1. The first-order valence-corrected chi connectivity index (χ1v) is 10.5. The number of rotatable bonds is 5. The topological polar surface area (TPSA) is 59.4 Å². The van der Waals surface area contributed by atoms with E-state index in [1.807, 2.05) is 12.1 Å². The number of likely N-dealkylation sites (tertiary alicyclic amines) is 2. The summed E-state index contributed by atoms with van der Waals surface area (Å²) in [7, 11) is 0. The van der Waals surface area contributed by atoms with Crippen LogP contribution < -0.4 is 5.32 Å². The fraction of sp³-hybridized carbons (Fsp3) is 0.636. The first kappa shape index (κ1) is 18.5. The molecule has 1 aliphatic carbocycles. The Balaban J connectivity index is 1.24. The van der Waals surface area contributed by atoms with Gasteiger partial charge in [-0.3, -0.25) is 14.6 Å². The van der Waals surface area contributed by atoms with Crippen LogP contribution >= 0.6 is 0 Å². The van der Waals surface area contributed by atoms with E-state index in [4.69, 9.17) is 5.26 Å². The van der Waals surface area contributed by atoms with Gasteiger partial charge in [0.1, 0.15) is 0 Å². The van der Waals surface area contributed by atoms with Crippen molar-refractivity contribution >= 4 is 5.91 Å². The van der Waals surface area contributed by atoms with Gasteiger partial charge in [-0.05, 0) is 75.9 Å². The van der Waals surface area contributed by atoms with Crippen LogP contribution in [0.25, 0.3) is 0 Å². The van der Waals surface area contributed by atoms with Crippen molar-refractivity contribution in [3.05, 3.63) is 35.4 Å². The second-order valence-corrected chi connectivity index (χ2v) is 8.43. The molecule has 0 unspecified atom stereocenters. The number of carbonyl (C=O) groups is 1. The van der Waals surface area contributed by atoms with Gasteiger partial charge < -0.3 is 5.32 Å². The molecule has 0 spiro atoms. The van der Waals surface area contributed by atoms with Crippen LogP contribution in [-0.2, 0) is 11.3 Å². The van der Waals surface area contributed by atoms with Gasteiger partial charge in [0.15, 0.2) is 0 Å². The number of piperidine rings is 2. The number of benzene rings is 1. The maximum atomic E-state index is 12.4. The minimum absolute atomic E-state index is 0.191. The summed E-state index contributed by atoms with van der Waals surface area (Å²) in [5.41, 5.74) is 2.00. The normalized spacial score (nSPS) is 25.1. The fourth-order valence-corrected chi connectivity index (χ4v) is 4.48. The maximum absolute atomic E-state index is 12.4. The van der Waals surface area contributed by atoms with E-state index >= 15 is 0 Å². The molecule has 0 radical (unpaired) electrons. The van der Waals surface area contributed by atoms with Gasteiger partial charge in [-0.1, -0.05) is 12.1 Å². The Morgan fingerprint density at radius 2 is 1.81 bits per heavy atom. The Hall–Kier alpha value is -1.90. The second-order valence-electron chi connectivity index (χ2n) is 8.43. The van der Waals surface area contributed by atoms with Gasteiger partial charge in [-0.25, -0.2) is 0 Å². The van der Waals surface area contributed by atoms with Gasteiger partial charge in [-0.15, -0.1) is 0 Å². The Labute approximate surface area is 162 Å². The van der Waals surface area contributed by atoms with Gasteiger partial charge in [0, 0.05) is 25.2 Å². The lowest BCUT2D eigenvalue weighted by atomic mass is 9.93. The van der Waals surface area contributed by atoms with Crippen molar-refractivity contribution in [3.8, 4) is 6.07 Å². The van der Waals surface area contributed by atoms with Gasteiger partial charge in [0.25, 0.3) is 0 Å². The molecule has 144 valence electrons. The smallest absolute Gasteiger partial charge is 0.224 e. The highest BCUT2D eigenvalue weighted by molar-refractivity contribution is 5.79. The third kappa shape index (κ3) is 4.88. The van der Waals surface area contributed by atoms with E-state index in [0.29, 0.717) is 18.0 Å². The van der Waals surface area contributed by atoms with Crippen molar-refractivity contribution in [3.63, 3.8) is 0 Å². The second kappa shape index (κ2) is 8.41. The van der Waals surface area contributed by atoms with Crippen molar-refractivity contribution in [1.29, 1.82) is 5.26 Å². The van der Waals surface area contributed by atoms with Crippen molar-refractivity contribution in [2.45, 2.75) is 57.2 Å². The van der Waals surface area contributed by atoms with E-state index in [-0.39, 0.29) is 5.92 Å². The third-order valence-corrected chi connectivity index (χ3v) is 6.31. The molecule has 5 nitrogen and oxygen atoms in total. The first-order chi connectivity index (χ1) is 13.2. The van der Waals surface area contributed by atoms with Gasteiger partial charge in [0.2, 0.25) is 5.91 Å². The molecule has 5 heteroatoms. The number of nitriles is 1. The lowest BCUT2D eigenvalue weighted by Crippen LogP contribution is -2.50. The van der Waals surface area contributed by atoms with Gasteiger partial charge in [0.05, 0.1) is 17.6 Å². The zero-order valence-corrected chi connectivity index (χ0v) is 16.1. The minimum Gasteiger partial charge on any atom is -0.353 e. The molecule has 1 amide bonds. The van der Waals surface area contributed by atoms with E-state index in [1.54, 1.807) is 0 Å². The summed E-state index contributed by atoms with van der Waals surface area (Å²) in [5, 5.41) is 12.1. The van der Waals surface area contributed by atoms with E-state index in [2.05, 4.69) is 33.3 Å². The van der Waals surface area contributed by atoms with Crippen LogP contribution in [0.5, 0.6) is 0 Å². The highest BCUT2D eigenvalue weighted by Gasteiger charge is 2.33. The number of nitrogens with one attached hydrogen (secondary N) is 1. The third-order valence-electron chi connectivity index (χ3n) is 6.31. The summed E-state index contributed by atoms with van der Waals surface area (Å²) in [4.78, 5) is 17.5. The van der Waals surface area contributed by atoms with Crippen molar-refractivity contribution in [2.75, 3.05) is 26.2 Å². The first-order valence-electron chi connectivity index (χ1n) is 10.5. The van der Waals surface area contributed by atoms with Crippen LogP contribution in [0.4, 0.5) is 0 Å². The van der Waals surface area contributed by atoms with Crippen LogP contribution in [-0.4, -0.2) is 54.0 Å². The summed E-state index contributed by atoms with van der Waals surface area (Å²) >= 11 is 0. The molecule has 3 fully saturated rings. The van der Waals surface area contributed by atoms with Crippen LogP contribution in [0.2, 0.25) is 0 Å². The molecule has 2 saturated heterocycles. The number of hydrogen-bond donors (Lipinski definition) is 1. The summed E-state index contributed by atoms with van der Waals surface area (Å²) in [5.74, 6) is 0.483. The van der Waals surface area contributed by atoms with Crippen LogP contribution in [0.3, 0.4) is 0 Å².